The van der Waals surface area contributed by atoms with E-state index in [2.05, 4.69) is 14.7 Å². The van der Waals surface area contributed by atoms with Crippen LogP contribution >= 0.6 is 0 Å². The van der Waals surface area contributed by atoms with E-state index >= 15 is 0 Å². The molecule has 0 aliphatic carbocycles. The summed E-state index contributed by atoms with van der Waals surface area (Å²) < 4.78 is 31.0. The number of sulfonamides is 1. The van der Waals surface area contributed by atoms with Crippen molar-refractivity contribution in [2.24, 2.45) is 0 Å². The summed E-state index contributed by atoms with van der Waals surface area (Å²) in [5.74, 6) is -1.15. The Morgan fingerprint density at radius 3 is 2.22 bits per heavy atom. The van der Waals surface area contributed by atoms with Gasteiger partial charge in [-0.1, -0.05) is 18.2 Å². The van der Waals surface area contributed by atoms with Crippen LogP contribution in [-0.2, 0) is 14.8 Å². The molecule has 23 heavy (non-hydrogen) atoms. The Labute approximate surface area is 177 Å². The zero-order valence-electron chi connectivity index (χ0n) is 12.6. The molecule has 0 radical (unpaired) electrons. The summed E-state index contributed by atoms with van der Waals surface area (Å²) in [7, 11) is -3.76. The summed E-state index contributed by atoms with van der Waals surface area (Å²) in [5, 5.41) is 8.45. The fraction of sp³-hybridized carbons (Fsp3) is 0.0833. The smallest absolute Gasteiger partial charge is 0.479 e. The van der Waals surface area contributed by atoms with Crippen LogP contribution < -0.4 is 68.6 Å². The second kappa shape index (κ2) is 10.2. The van der Waals surface area contributed by atoms with Crippen LogP contribution in [0.2, 0.25) is 0 Å². The first-order valence-corrected chi connectivity index (χ1v) is 7.20. The van der Waals surface area contributed by atoms with E-state index in [9.17, 15) is 13.2 Å². The van der Waals surface area contributed by atoms with E-state index in [1.54, 1.807) is 18.2 Å². The number of nitrogens with zero attached hydrogens (tertiary/aromatic N) is 2. The van der Waals surface area contributed by atoms with Crippen molar-refractivity contribution in [1.82, 2.24) is 9.97 Å². The van der Waals surface area contributed by atoms with E-state index in [0.29, 0.717) is 0 Å². The number of aliphatic carboxylic acids is 1. The van der Waals surface area contributed by atoms with Gasteiger partial charge in [-0.25, -0.2) is 27.9 Å². The maximum absolute atomic E-state index is 12.0. The van der Waals surface area contributed by atoms with Crippen molar-refractivity contribution in [1.29, 1.82) is 0 Å². The number of carboxylic acid groups (broad SMARTS) is 1. The fourth-order valence-corrected chi connectivity index (χ4v) is 2.35. The predicted octanol–water partition coefficient (Wildman–Crippen LogP) is -5.25. The summed E-state index contributed by atoms with van der Waals surface area (Å²) in [5.41, 5.74) is 0. The molecule has 1 heterocycles. The predicted molar refractivity (Wildman–Crippen MR) is 72.4 cm³/mol. The third-order valence-electron chi connectivity index (χ3n) is 2.27. The fourth-order valence-electron chi connectivity index (χ4n) is 1.37. The van der Waals surface area contributed by atoms with E-state index in [1.807, 2.05) is 0 Å². The Bertz CT molecular complexity index is 726. The van der Waals surface area contributed by atoms with Crippen molar-refractivity contribution >= 4 is 21.9 Å². The van der Waals surface area contributed by atoms with Crippen LogP contribution in [-0.4, -0.2) is 36.1 Å². The van der Waals surface area contributed by atoms with Gasteiger partial charge < -0.3 is 9.84 Å². The molecule has 0 aliphatic heterocycles. The summed E-state index contributed by atoms with van der Waals surface area (Å²) in [4.78, 5) is 17.9. The molecule has 0 fully saturated rings. The van der Waals surface area contributed by atoms with Gasteiger partial charge in [0.05, 0.1) is 17.3 Å². The minimum absolute atomic E-state index is 0. The normalized spacial score (nSPS) is 9.91. The molecule has 11 heteroatoms. The van der Waals surface area contributed by atoms with Crippen LogP contribution in [0.5, 0.6) is 5.75 Å². The molecule has 2 aromatic rings. The summed E-state index contributed by atoms with van der Waals surface area (Å²) in [6.45, 7) is -0.529. The van der Waals surface area contributed by atoms with Gasteiger partial charge in [0.15, 0.2) is 12.4 Å². The van der Waals surface area contributed by atoms with Crippen molar-refractivity contribution in [2.75, 3.05) is 11.3 Å². The third-order valence-corrected chi connectivity index (χ3v) is 3.61. The molecular weight excluding hydrogens is 344 g/mol. The van der Waals surface area contributed by atoms with Gasteiger partial charge in [-0.15, -0.1) is 0 Å². The Hall–Kier alpha value is -0.680. The van der Waals surface area contributed by atoms with Crippen LogP contribution in [0.25, 0.3) is 0 Å². The van der Waals surface area contributed by atoms with E-state index in [1.165, 1.54) is 24.5 Å². The second-order valence-corrected chi connectivity index (χ2v) is 5.53. The minimum Gasteiger partial charge on any atom is -0.479 e. The van der Waals surface area contributed by atoms with Crippen LogP contribution in [0.1, 0.15) is 0 Å². The van der Waals surface area contributed by atoms with Crippen molar-refractivity contribution in [3.8, 4) is 5.75 Å². The number of nitrogens with one attached hydrogen (secondary N) is 1. The number of hydrogen-bond acceptors (Lipinski definition) is 6. The largest absolute Gasteiger partial charge is 1.00 e. The van der Waals surface area contributed by atoms with E-state index in [4.69, 9.17) is 9.84 Å². The first kappa shape index (κ1) is 22.3. The average molecular weight is 355 g/mol. The number of anilines is 1. The average Bonchev–Trinajstić information content (AvgIpc) is 2.47. The molecule has 0 atom stereocenters. The van der Waals surface area contributed by atoms with E-state index in [0.717, 1.165) is 0 Å². The summed E-state index contributed by atoms with van der Waals surface area (Å²) >= 11 is 0. The molecule has 2 N–H and O–H groups in total. The molecule has 0 saturated heterocycles. The Morgan fingerprint density at radius 2 is 1.70 bits per heavy atom. The number of carboxylic acids is 1. The zero-order valence-corrected chi connectivity index (χ0v) is 17.4. The van der Waals surface area contributed by atoms with E-state index < -0.39 is 22.6 Å². The van der Waals surface area contributed by atoms with Gasteiger partial charge in [0, 0.05) is 0 Å². The number of rotatable bonds is 6. The number of ether oxygens (including phenoxy) is 1. The van der Waals surface area contributed by atoms with Gasteiger partial charge in [-0.05, 0) is 12.1 Å². The molecule has 8 nitrogen and oxygen atoms in total. The summed E-state index contributed by atoms with van der Waals surface area (Å²) in [6, 6.07) is 7.76. The topological polar surface area (TPSA) is 118 Å². The van der Waals surface area contributed by atoms with Crippen molar-refractivity contribution in [3.63, 3.8) is 0 Å². The van der Waals surface area contributed by atoms with Crippen molar-refractivity contribution in [2.45, 2.75) is 4.90 Å². The second-order valence-electron chi connectivity index (χ2n) is 3.84. The quantitative estimate of drug-likeness (QED) is 0.497. The number of hydrogen-bond donors (Lipinski definition) is 2. The monoisotopic (exact) mass is 355 g/mol. The number of benzene rings is 1. The van der Waals surface area contributed by atoms with Crippen LogP contribution in [0.15, 0.2) is 47.6 Å². The Balaban J connectivity index is 0.00000242. The van der Waals surface area contributed by atoms with Gasteiger partial charge in [-0.2, -0.15) is 0 Å². The van der Waals surface area contributed by atoms with Gasteiger partial charge in [0.1, 0.15) is 0 Å². The number of carbonyl (C=O) groups is 1. The SMILES string of the molecule is O=C(O)COc1cnc(NS(=O)(=O)c2ccccc2)nc1.[Na+].[Na+]. The molecule has 1 aromatic carbocycles. The van der Waals surface area contributed by atoms with Crippen molar-refractivity contribution < 1.29 is 82.2 Å². The van der Waals surface area contributed by atoms with Gasteiger partial charge >= 0.3 is 65.1 Å². The van der Waals surface area contributed by atoms with Crippen LogP contribution in [0.4, 0.5) is 5.95 Å². The molecule has 2 rings (SSSR count). The van der Waals surface area contributed by atoms with Gasteiger partial charge in [-0.3, -0.25) is 0 Å². The van der Waals surface area contributed by atoms with Crippen LogP contribution in [0.3, 0.4) is 0 Å². The molecule has 110 valence electrons. The molecule has 0 aliphatic rings. The first-order chi connectivity index (χ1) is 9.97. The van der Waals surface area contributed by atoms with Gasteiger partial charge in [0.25, 0.3) is 10.0 Å². The Kier molecular flexibility index (Phi) is 9.94. The first-order valence-electron chi connectivity index (χ1n) is 5.72. The van der Waals surface area contributed by atoms with E-state index in [-0.39, 0.29) is 75.7 Å². The standard InChI is InChI=1S/C12H11N3O5S.2Na/c16-11(17)8-20-9-6-13-12(14-7-9)15-21(18,19)10-4-2-1-3-5-10;;/h1-7H,8H2,(H,16,17)(H,13,14,15);;/q;2*+1. The molecule has 0 unspecified atom stereocenters. The molecule has 0 bridgehead atoms. The van der Waals surface area contributed by atoms with Crippen LogP contribution in [0, 0.1) is 0 Å². The minimum atomic E-state index is -3.76. The zero-order chi connectivity index (χ0) is 15.3. The maximum atomic E-state index is 12.0. The molecule has 0 saturated carbocycles. The molecule has 0 amide bonds. The third kappa shape index (κ3) is 7.17. The Morgan fingerprint density at radius 1 is 1.13 bits per heavy atom. The molecule has 0 spiro atoms. The molecular formula is C12H11N3Na2O5S+2. The van der Waals surface area contributed by atoms with Crippen molar-refractivity contribution in [3.05, 3.63) is 42.7 Å². The summed E-state index contributed by atoms with van der Waals surface area (Å²) in [6.07, 6.45) is 2.36. The maximum Gasteiger partial charge on any atom is 1.00 e. The number of aromatic nitrogens is 2. The molecule has 1 aromatic heterocycles. The van der Waals surface area contributed by atoms with Gasteiger partial charge in [0.2, 0.25) is 5.95 Å².